The highest BCUT2D eigenvalue weighted by Crippen LogP contribution is 2.49. The van der Waals surface area contributed by atoms with Gasteiger partial charge in [0, 0.05) is 16.5 Å². The van der Waals surface area contributed by atoms with Crippen LogP contribution in [0.15, 0.2) is 35.4 Å². The monoisotopic (exact) mass is 412 g/mol. The molecule has 1 fully saturated rings. The molecule has 0 unspecified atom stereocenters. The van der Waals surface area contributed by atoms with E-state index in [1.165, 1.54) is 27.5 Å². The largest absolute Gasteiger partial charge is 0.493 e. The molecular weight excluding hydrogens is 388 g/mol. The summed E-state index contributed by atoms with van der Waals surface area (Å²) in [6.45, 7) is 1.27. The molecule has 0 atom stereocenters. The smallest absolute Gasteiger partial charge is 0.271 e. The molecule has 1 saturated carbocycles. The van der Waals surface area contributed by atoms with Crippen molar-refractivity contribution < 1.29 is 28.5 Å². The average Bonchev–Trinajstić information content (AvgIpc) is 3.58. The molecule has 2 aromatic rings. The Kier molecular flexibility index (Phi) is 5.39. The van der Waals surface area contributed by atoms with Gasteiger partial charge in [0.25, 0.3) is 5.91 Å². The van der Waals surface area contributed by atoms with Crippen LogP contribution in [-0.4, -0.2) is 46.7 Å². The van der Waals surface area contributed by atoms with E-state index in [1.54, 1.807) is 30.3 Å². The lowest BCUT2D eigenvalue weighted by molar-refractivity contribution is 0.0954. The fourth-order valence-corrected chi connectivity index (χ4v) is 3.26. The van der Waals surface area contributed by atoms with Crippen molar-refractivity contribution in [3.8, 4) is 28.7 Å². The second kappa shape index (κ2) is 8.14. The van der Waals surface area contributed by atoms with Crippen molar-refractivity contribution in [1.29, 1.82) is 0 Å². The van der Waals surface area contributed by atoms with E-state index in [0.717, 1.165) is 12.8 Å². The number of hydrogen-bond acceptors (Lipinski definition) is 7. The maximum absolute atomic E-state index is 12.5. The second-order valence-corrected chi connectivity index (χ2v) is 7.40. The molecule has 1 heterocycles. The number of nitrogens with zero attached hydrogens (tertiary/aromatic N) is 1. The highest BCUT2D eigenvalue weighted by molar-refractivity contribution is 5.95. The van der Waals surface area contributed by atoms with Gasteiger partial charge >= 0.3 is 0 Å². The van der Waals surface area contributed by atoms with Crippen LogP contribution in [-0.2, 0) is 0 Å². The number of benzene rings is 2. The standard InChI is InChI=1S/C22H24N2O6/c1-26-18-8-14(9-19(27-2)20(18)28-3)11-23-24-21(25)15-4-5-16-17(10-15)30-13-22(6-7-22)12-29-16/h4-5,8-11H,6-7,12-13H2,1-3H3,(H,24,25)/b23-11+. The summed E-state index contributed by atoms with van der Waals surface area (Å²) in [6.07, 6.45) is 3.73. The van der Waals surface area contributed by atoms with Gasteiger partial charge in [-0.05, 0) is 43.2 Å². The minimum Gasteiger partial charge on any atom is -0.493 e. The van der Waals surface area contributed by atoms with Crippen molar-refractivity contribution in [3.63, 3.8) is 0 Å². The molecule has 30 heavy (non-hydrogen) atoms. The Bertz CT molecular complexity index is 959. The summed E-state index contributed by atoms with van der Waals surface area (Å²) in [7, 11) is 4.61. The zero-order valence-electron chi connectivity index (χ0n) is 17.2. The van der Waals surface area contributed by atoms with Gasteiger partial charge in [0.1, 0.15) is 0 Å². The molecule has 158 valence electrons. The lowest BCUT2D eigenvalue weighted by atomic mass is 10.1. The molecule has 0 radical (unpaired) electrons. The maximum Gasteiger partial charge on any atom is 0.271 e. The van der Waals surface area contributed by atoms with E-state index in [9.17, 15) is 4.79 Å². The third-order valence-electron chi connectivity index (χ3n) is 5.30. The van der Waals surface area contributed by atoms with E-state index in [4.69, 9.17) is 23.7 Å². The van der Waals surface area contributed by atoms with E-state index in [0.29, 0.717) is 53.1 Å². The minimum atomic E-state index is -0.351. The molecule has 8 heteroatoms. The molecule has 8 nitrogen and oxygen atoms in total. The van der Waals surface area contributed by atoms with Gasteiger partial charge in [-0.15, -0.1) is 0 Å². The number of hydrogen-bond donors (Lipinski definition) is 1. The molecule has 2 aliphatic rings. The lowest BCUT2D eigenvalue weighted by Crippen LogP contribution is -2.18. The molecule has 0 saturated heterocycles. The number of carbonyl (C=O) groups is 1. The van der Waals surface area contributed by atoms with Crippen LogP contribution in [0.2, 0.25) is 0 Å². The number of amides is 1. The predicted molar refractivity (Wildman–Crippen MR) is 110 cm³/mol. The first-order valence-corrected chi connectivity index (χ1v) is 9.60. The Morgan fingerprint density at radius 3 is 2.27 bits per heavy atom. The Balaban J connectivity index is 1.45. The molecule has 1 amide bonds. The van der Waals surface area contributed by atoms with Crippen LogP contribution < -0.4 is 29.1 Å². The van der Waals surface area contributed by atoms with Crippen molar-refractivity contribution in [2.24, 2.45) is 10.5 Å². The number of hydrazone groups is 1. The first-order chi connectivity index (χ1) is 14.6. The Labute approximate surface area is 174 Å². The van der Waals surface area contributed by atoms with Crippen LogP contribution in [0.3, 0.4) is 0 Å². The molecule has 0 aromatic heterocycles. The zero-order chi connectivity index (χ0) is 21.1. The first-order valence-electron chi connectivity index (χ1n) is 9.60. The van der Waals surface area contributed by atoms with Gasteiger partial charge in [0.05, 0.1) is 40.8 Å². The summed E-state index contributed by atoms with van der Waals surface area (Å²) in [4.78, 5) is 12.5. The van der Waals surface area contributed by atoms with E-state index >= 15 is 0 Å². The topological polar surface area (TPSA) is 87.6 Å². The highest BCUT2D eigenvalue weighted by Gasteiger charge is 2.46. The minimum absolute atomic E-state index is 0.145. The molecule has 2 aromatic carbocycles. The number of nitrogens with one attached hydrogen (secondary N) is 1. The third-order valence-corrected chi connectivity index (χ3v) is 5.30. The normalized spacial score (nSPS) is 16.1. The maximum atomic E-state index is 12.5. The van der Waals surface area contributed by atoms with Crippen LogP contribution in [0.1, 0.15) is 28.8 Å². The molecule has 4 rings (SSSR count). The number of carbonyl (C=O) groups excluding carboxylic acids is 1. The SMILES string of the molecule is COc1cc(/C=N/NC(=O)c2ccc3c(c2)OCC2(CC2)CO3)cc(OC)c1OC. The van der Waals surface area contributed by atoms with E-state index in [1.807, 2.05) is 0 Å². The number of ether oxygens (including phenoxy) is 5. The van der Waals surface area contributed by atoms with Crippen LogP contribution in [0.4, 0.5) is 0 Å². The van der Waals surface area contributed by atoms with Gasteiger partial charge in [-0.2, -0.15) is 5.10 Å². The predicted octanol–water partition coefficient (Wildman–Crippen LogP) is 3.03. The van der Waals surface area contributed by atoms with Gasteiger partial charge in [0.15, 0.2) is 23.0 Å². The van der Waals surface area contributed by atoms with E-state index in [-0.39, 0.29) is 11.3 Å². The molecule has 1 N–H and O–H groups in total. The van der Waals surface area contributed by atoms with Gasteiger partial charge < -0.3 is 23.7 Å². The number of fused-ring (bicyclic) bond motifs is 1. The van der Waals surface area contributed by atoms with Gasteiger partial charge in [-0.25, -0.2) is 5.43 Å². The lowest BCUT2D eigenvalue weighted by Gasteiger charge is -2.12. The summed E-state index contributed by atoms with van der Waals surface area (Å²) in [5.74, 6) is 2.38. The first kappa shape index (κ1) is 19.9. The fourth-order valence-electron chi connectivity index (χ4n) is 3.26. The van der Waals surface area contributed by atoms with E-state index in [2.05, 4.69) is 10.5 Å². The van der Waals surface area contributed by atoms with Crippen molar-refractivity contribution in [2.45, 2.75) is 12.8 Å². The van der Waals surface area contributed by atoms with Crippen LogP contribution in [0, 0.1) is 5.41 Å². The number of methoxy groups -OCH3 is 3. The second-order valence-electron chi connectivity index (χ2n) is 7.40. The van der Waals surface area contributed by atoms with Crippen molar-refractivity contribution in [1.82, 2.24) is 5.43 Å². The van der Waals surface area contributed by atoms with Gasteiger partial charge in [-0.1, -0.05) is 0 Å². The van der Waals surface area contributed by atoms with Crippen molar-refractivity contribution in [2.75, 3.05) is 34.5 Å². The van der Waals surface area contributed by atoms with Crippen LogP contribution in [0.5, 0.6) is 28.7 Å². The van der Waals surface area contributed by atoms with Crippen molar-refractivity contribution >= 4 is 12.1 Å². The third kappa shape index (κ3) is 3.98. The summed E-state index contributed by atoms with van der Waals surface area (Å²) in [5.41, 5.74) is 3.78. The Morgan fingerprint density at radius 1 is 1.00 bits per heavy atom. The van der Waals surface area contributed by atoms with Crippen LogP contribution >= 0.6 is 0 Å². The Hall–Kier alpha value is -3.42. The van der Waals surface area contributed by atoms with Crippen LogP contribution in [0.25, 0.3) is 0 Å². The molecule has 1 spiro atoms. The summed E-state index contributed by atoms with van der Waals surface area (Å²) in [5, 5.41) is 4.04. The number of rotatable bonds is 6. The summed E-state index contributed by atoms with van der Waals surface area (Å²) >= 11 is 0. The summed E-state index contributed by atoms with van der Waals surface area (Å²) < 4.78 is 27.7. The van der Waals surface area contributed by atoms with E-state index < -0.39 is 0 Å². The molecular formula is C22H24N2O6. The average molecular weight is 412 g/mol. The quantitative estimate of drug-likeness (QED) is 0.580. The molecule has 0 bridgehead atoms. The van der Waals surface area contributed by atoms with Gasteiger partial charge in [0.2, 0.25) is 5.75 Å². The van der Waals surface area contributed by atoms with Crippen molar-refractivity contribution in [3.05, 3.63) is 41.5 Å². The zero-order valence-corrected chi connectivity index (χ0v) is 17.2. The van der Waals surface area contributed by atoms with Gasteiger partial charge in [-0.3, -0.25) is 4.79 Å². The fraction of sp³-hybridized carbons (Fsp3) is 0.364. The molecule has 1 aliphatic heterocycles. The Morgan fingerprint density at radius 2 is 1.67 bits per heavy atom. The highest BCUT2D eigenvalue weighted by atomic mass is 16.5. The summed E-state index contributed by atoms with van der Waals surface area (Å²) in [6, 6.07) is 8.60. The molecule has 1 aliphatic carbocycles.